The molecular formula is C5H9NO3. The van der Waals surface area contributed by atoms with Crippen molar-refractivity contribution in [1.29, 1.82) is 0 Å². The number of carboxylic acids is 1. The van der Waals surface area contributed by atoms with Crippen LogP contribution in [0.4, 0.5) is 0 Å². The van der Waals surface area contributed by atoms with Crippen molar-refractivity contribution >= 4 is 11.7 Å². The highest BCUT2D eigenvalue weighted by Crippen LogP contribution is 1.79. The van der Waals surface area contributed by atoms with E-state index in [1.807, 2.05) is 0 Å². The molecule has 0 bridgehead atoms. The summed E-state index contributed by atoms with van der Waals surface area (Å²) in [7, 11) is 0. The molecule has 0 unspecified atom stereocenters. The molecule has 4 nitrogen and oxygen atoms in total. The van der Waals surface area contributed by atoms with Gasteiger partial charge in [0.1, 0.15) is 6.61 Å². The summed E-state index contributed by atoms with van der Waals surface area (Å²) >= 11 is 0. The third kappa shape index (κ3) is 3.52. The lowest BCUT2D eigenvalue weighted by atomic mass is 10.4. The van der Waals surface area contributed by atoms with Gasteiger partial charge in [-0.3, -0.25) is 0 Å². The average Bonchev–Trinajstić information content (AvgIpc) is 1.82. The first-order valence-electron chi connectivity index (χ1n) is 2.58. The van der Waals surface area contributed by atoms with E-state index in [9.17, 15) is 4.79 Å². The van der Waals surface area contributed by atoms with E-state index in [0.29, 0.717) is 6.61 Å². The Bertz CT molecular complexity index is 130. The van der Waals surface area contributed by atoms with E-state index < -0.39 is 5.97 Å². The summed E-state index contributed by atoms with van der Waals surface area (Å²) in [6.07, 6.45) is 0. The molecule has 9 heavy (non-hydrogen) atoms. The van der Waals surface area contributed by atoms with Crippen LogP contribution in [0.3, 0.4) is 0 Å². The molecule has 0 heterocycles. The fourth-order valence-corrected chi connectivity index (χ4v) is 0.200. The van der Waals surface area contributed by atoms with E-state index in [1.54, 1.807) is 6.92 Å². The van der Waals surface area contributed by atoms with Gasteiger partial charge in [-0.25, -0.2) is 4.79 Å². The summed E-state index contributed by atoms with van der Waals surface area (Å²) in [5.41, 5.74) is -0.0307. The lowest BCUT2D eigenvalue weighted by Gasteiger charge is -1.91. The Labute approximate surface area is 53.1 Å². The molecule has 0 saturated heterocycles. The van der Waals surface area contributed by atoms with Crippen LogP contribution in [0.25, 0.3) is 0 Å². The van der Waals surface area contributed by atoms with Crippen molar-refractivity contribution in [3.05, 3.63) is 0 Å². The maximum Gasteiger partial charge on any atom is 0.353 e. The summed E-state index contributed by atoms with van der Waals surface area (Å²) in [4.78, 5) is 14.5. The van der Waals surface area contributed by atoms with E-state index in [0.717, 1.165) is 0 Å². The van der Waals surface area contributed by atoms with Crippen LogP contribution in [-0.2, 0) is 9.63 Å². The molecule has 0 fully saturated rings. The lowest BCUT2D eigenvalue weighted by molar-refractivity contribution is -0.129. The van der Waals surface area contributed by atoms with Gasteiger partial charge < -0.3 is 9.94 Å². The van der Waals surface area contributed by atoms with Crippen molar-refractivity contribution in [1.82, 2.24) is 0 Å². The van der Waals surface area contributed by atoms with Gasteiger partial charge in [0, 0.05) is 0 Å². The normalized spacial score (nSPS) is 11.1. The molecule has 0 aliphatic carbocycles. The zero-order valence-electron chi connectivity index (χ0n) is 5.42. The van der Waals surface area contributed by atoms with Crippen molar-refractivity contribution in [2.75, 3.05) is 6.61 Å². The van der Waals surface area contributed by atoms with Gasteiger partial charge in [-0.1, -0.05) is 5.16 Å². The molecule has 0 aromatic heterocycles. The van der Waals surface area contributed by atoms with Crippen LogP contribution in [0, 0.1) is 0 Å². The average molecular weight is 131 g/mol. The number of carboxylic acid groups (broad SMARTS) is 1. The second kappa shape index (κ2) is 3.88. The summed E-state index contributed by atoms with van der Waals surface area (Å²) in [6.45, 7) is 3.50. The Balaban J connectivity index is 3.69. The zero-order valence-corrected chi connectivity index (χ0v) is 5.42. The highest BCUT2D eigenvalue weighted by molar-refractivity contribution is 6.34. The van der Waals surface area contributed by atoms with Crippen molar-refractivity contribution in [3.8, 4) is 0 Å². The van der Waals surface area contributed by atoms with Crippen LogP contribution in [0.5, 0.6) is 0 Å². The molecule has 0 aromatic carbocycles. The number of nitrogens with zero attached hydrogens (tertiary/aromatic N) is 1. The molecule has 0 atom stereocenters. The van der Waals surface area contributed by atoms with E-state index in [4.69, 9.17) is 5.11 Å². The molecule has 0 aromatic rings. The number of rotatable bonds is 3. The van der Waals surface area contributed by atoms with Crippen molar-refractivity contribution in [3.63, 3.8) is 0 Å². The second-order valence-corrected chi connectivity index (χ2v) is 1.40. The fourth-order valence-electron chi connectivity index (χ4n) is 0.200. The molecule has 0 aliphatic heterocycles. The highest BCUT2D eigenvalue weighted by Gasteiger charge is 1.99. The minimum atomic E-state index is -1.05. The molecule has 0 aliphatic rings. The van der Waals surface area contributed by atoms with Crippen molar-refractivity contribution in [2.24, 2.45) is 5.16 Å². The third-order valence-corrected chi connectivity index (χ3v) is 0.640. The standard InChI is InChI=1S/C5H9NO3/c1-3-9-6-4(2)5(7)8/h3H2,1-2H3,(H,7,8)/b6-4+. The summed E-state index contributed by atoms with van der Waals surface area (Å²) in [5.74, 6) is -1.05. The molecule has 1 N–H and O–H groups in total. The van der Waals surface area contributed by atoms with E-state index in [2.05, 4.69) is 9.99 Å². The Morgan fingerprint density at radius 3 is 2.67 bits per heavy atom. The first-order valence-corrected chi connectivity index (χ1v) is 2.58. The minimum absolute atomic E-state index is 0.0307. The first kappa shape index (κ1) is 7.94. The van der Waals surface area contributed by atoms with Gasteiger partial charge in [0.2, 0.25) is 0 Å². The summed E-state index contributed by atoms with van der Waals surface area (Å²) < 4.78 is 0. The number of hydrogen-bond acceptors (Lipinski definition) is 3. The zero-order chi connectivity index (χ0) is 7.28. The fraction of sp³-hybridized carbons (Fsp3) is 0.600. The quantitative estimate of drug-likeness (QED) is 0.447. The Hall–Kier alpha value is -1.06. The topological polar surface area (TPSA) is 58.9 Å². The Kier molecular flexibility index (Phi) is 3.43. The smallest absolute Gasteiger partial charge is 0.353 e. The SMILES string of the molecule is CCO/N=C(\C)C(=O)O. The number of aliphatic carboxylic acids is 1. The maximum atomic E-state index is 9.99. The third-order valence-electron chi connectivity index (χ3n) is 0.640. The largest absolute Gasteiger partial charge is 0.477 e. The van der Waals surface area contributed by atoms with Crippen LogP contribution < -0.4 is 0 Å². The van der Waals surface area contributed by atoms with Gasteiger partial charge in [-0.2, -0.15) is 0 Å². The monoisotopic (exact) mass is 131 g/mol. The lowest BCUT2D eigenvalue weighted by Crippen LogP contribution is -2.08. The van der Waals surface area contributed by atoms with Crippen LogP contribution >= 0.6 is 0 Å². The van der Waals surface area contributed by atoms with Crippen molar-refractivity contribution < 1.29 is 14.7 Å². The second-order valence-electron chi connectivity index (χ2n) is 1.40. The van der Waals surface area contributed by atoms with Gasteiger partial charge in [0.15, 0.2) is 5.71 Å². The first-order chi connectivity index (χ1) is 4.18. The number of carbonyl (C=O) groups is 1. The maximum absolute atomic E-state index is 9.99. The predicted octanol–water partition coefficient (Wildman–Crippen LogP) is 0.483. The number of hydrogen-bond donors (Lipinski definition) is 1. The van der Waals surface area contributed by atoms with Gasteiger partial charge in [0.05, 0.1) is 0 Å². The Morgan fingerprint density at radius 1 is 1.78 bits per heavy atom. The van der Waals surface area contributed by atoms with Gasteiger partial charge in [0.25, 0.3) is 0 Å². The highest BCUT2D eigenvalue weighted by atomic mass is 16.6. The summed E-state index contributed by atoms with van der Waals surface area (Å²) in [6, 6.07) is 0. The molecule has 4 heteroatoms. The number of oxime groups is 1. The van der Waals surface area contributed by atoms with Crippen LogP contribution in [0.2, 0.25) is 0 Å². The summed E-state index contributed by atoms with van der Waals surface area (Å²) in [5, 5.41) is 11.5. The molecule has 0 spiro atoms. The van der Waals surface area contributed by atoms with E-state index >= 15 is 0 Å². The molecular weight excluding hydrogens is 122 g/mol. The van der Waals surface area contributed by atoms with Gasteiger partial charge in [-0.05, 0) is 13.8 Å². The van der Waals surface area contributed by atoms with Crippen molar-refractivity contribution in [2.45, 2.75) is 13.8 Å². The predicted molar refractivity (Wildman–Crippen MR) is 32.4 cm³/mol. The molecule has 0 radical (unpaired) electrons. The molecule has 0 saturated carbocycles. The minimum Gasteiger partial charge on any atom is -0.477 e. The Morgan fingerprint density at radius 2 is 2.33 bits per heavy atom. The van der Waals surface area contributed by atoms with Gasteiger partial charge in [-0.15, -0.1) is 0 Å². The molecule has 52 valence electrons. The van der Waals surface area contributed by atoms with Crippen LogP contribution in [0.1, 0.15) is 13.8 Å². The van der Waals surface area contributed by atoms with Crippen LogP contribution in [0.15, 0.2) is 5.16 Å². The molecule has 0 rings (SSSR count). The van der Waals surface area contributed by atoms with E-state index in [-0.39, 0.29) is 5.71 Å². The molecule has 0 amide bonds. The van der Waals surface area contributed by atoms with Crippen LogP contribution in [-0.4, -0.2) is 23.4 Å². The van der Waals surface area contributed by atoms with E-state index in [1.165, 1.54) is 6.92 Å². The van der Waals surface area contributed by atoms with Gasteiger partial charge >= 0.3 is 5.97 Å².